The molecular weight excluding hydrogens is 248 g/mol. The van der Waals surface area contributed by atoms with Gasteiger partial charge in [-0.2, -0.15) is 0 Å². The predicted octanol–water partition coefficient (Wildman–Crippen LogP) is 3.40. The fraction of sp³-hybridized carbons (Fsp3) is 0.385. The van der Waals surface area contributed by atoms with E-state index in [0.29, 0.717) is 6.42 Å². The van der Waals surface area contributed by atoms with Gasteiger partial charge in [-0.05, 0) is 26.0 Å². The Balaban J connectivity index is 2.58. The zero-order valence-electron chi connectivity index (χ0n) is 10.1. The summed E-state index contributed by atoms with van der Waals surface area (Å²) >= 11 is 11.0. The fourth-order valence-corrected chi connectivity index (χ4v) is 3.02. The third-order valence-electron chi connectivity index (χ3n) is 3.00. The Morgan fingerprint density at radius 2 is 1.35 bits per heavy atom. The maximum atomic E-state index is 5.48. The molecule has 0 atom stereocenters. The van der Waals surface area contributed by atoms with Crippen molar-refractivity contribution in [3.63, 3.8) is 0 Å². The van der Waals surface area contributed by atoms with Crippen LogP contribution in [-0.4, -0.2) is 23.1 Å². The van der Waals surface area contributed by atoms with E-state index >= 15 is 0 Å². The minimum Gasteiger partial charge on any atom is -0.334 e. The summed E-state index contributed by atoms with van der Waals surface area (Å²) in [6, 6.07) is 8.32. The van der Waals surface area contributed by atoms with E-state index in [9.17, 15) is 0 Å². The molecule has 0 aliphatic carbocycles. The first-order valence-corrected chi connectivity index (χ1v) is 6.70. The minimum absolute atomic E-state index is 0.695. The Morgan fingerprint density at radius 3 is 1.71 bits per heavy atom. The third-order valence-corrected chi connectivity index (χ3v) is 3.73. The van der Waals surface area contributed by atoms with E-state index < -0.39 is 0 Å². The van der Waals surface area contributed by atoms with Crippen molar-refractivity contribution in [2.75, 3.05) is 22.9 Å². The number of anilines is 2. The highest BCUT2D eigenvalue weighted by molar-refractivity contribution is 7.82. The molecule has 17 heavy (non-hydrogen) atoms. The van der Waals surface area contributed by atoms with Crippen LogP contribution < -0.4 is 9.80 Å². The summed E-state index contributed by atoms with van der Waals surface area (Å²) in [5.41, 5.74) is 2.34. The Labute approximate surface area is 113 Å². The lowest BCUT2D eigenvalue weighted by molar-refractivity contribution is 1.04. The van der Waals surface area contributed by atoms with E-state index in [1.165, 1.54) is 11.4 Å². The molecule has 0 spiro atoms. The van der Waals surface area contributed by atoms with Crippen LogP contribution in [0.25, 0.3) is 0 Å². The van der Waals surface area contributed by atoms with Crippen molar-refractivity contribution in [3.8, 4) is 0 Å². The molecule has 0 radical (unpaired) electrons. The molecule has 0 bridgehead atoms. The van der Waals surface area contributed by atoms with Crippen molar-refractivity contribution in [2.24, 2.45) is 0 Å². The van der Waals surface area contributed by atoms with Crippen LogP contribution in [0, 0.1) is 0 Å². The molecule has 1 aliphatic heterocycles. The van der Waals surface area contributed by atoms with E-state index in [1.807, 2.05) is 12.1 Å². The molecule has 1 aliphatic rings. The Bertz CT molecular complexity index is 415. The van der Waals surface area contributed by atoms with Gasteiger partial charge in [0.1, 0.15) is 0 Å². The molecule has 0 fully saturated rings. The van der Waals surface area contributed by atoms with Gasteiger partial charge < -0.3 is 9.80 Å². The molecule has 1 aromatic carbocycles. The summed E-state index contributed by atoms with van der Waals surface area (Å²) in [7, 11) is 0. The number of rotatable bonds is 2. The normalized spacial score (nSPS) is 15.9. The highest BCUT2D eigenvalue weighted by atomic mass is 32.1. The first-order chi connectivity index (χ1) is 8.19. The van der Waals surface area contributed by atoms with Crippen LogP contribution in [0.15, 0.2) is 24.3 Å². The Morgan fingerprint density at radius 1 is 0.941 bits per heavy atom. The lowest BCUT2D eigenvalue weighted by atomic mass is 10.2. The summed E-state index contributed by atoms with van der Waals surface area (Å²) in [5, 5.41) is 0. The molecule has 0 aromatic heterocycles. The zero-order chi connectivity index (χ0) is 12.4. The maximum absolute atomic E-state index is 5.48. The number of hydrogen-bond acceptors (Lipinski definition) is 2. The van der Waals surface area contributed by atoms with Crippen molar-refractivity contribution in [2.45, 2.75) is 20.3 Å². The average molecular weight is 264 g/mol. The fourth-order valence-electron chi connectivity index (χ4n) is 2.20. The van der Waals surface area contributed by atoms with Crippen LogP contribution in [0.3, 0.4) is 0 Å². The van der Waals surface area contributed by atoms with Gasteiger partial charge >= 0.3 is 0 Å². The van der Waals surface area contributed by atoms with Crippen molar-refractivity contribution in [1.82, 2.24) is 0 Å². The van der Waals surface area contributed by atoms with Crippen LogP contribution >= 0.6 is 24.4 Å². The van der Waals surface area contributed by atoms with Crippen LogP contribution in [0.1, 0.15) is 20.3 Å². The van der Waals surface area contributed by atoms with Gasteiger partial charge in [-0.3, -0.25) is 0 Å². The predicted molar refractivity (Wildman–Crippen MR) is 82.3 cm³/mol. The SMILES string of the molecule is CCN1C(=S)CC(=S)N(CC)c2ccccc21. The molecule has 0 saturated heterocycles. The second-order valence-electron chi connectivity index (χ2n) is 3.94. The van der Waals surface area contributed by atoms with Gasteiger partial charge in [0.15, 0.2) is 0 Å². The number of nitrogens with zero attached hydrogens (tertiary/aromatic N) is 2. The number of benzene rings is 1. The van der Waals surface area contributed by atoms with E-state index in [-0.39, 0.29) is 0 Å². The van der Waals surface area contributed by atoms with Gasteiger partial charge in [0.05, 0.1) is 21.4 Å². The number of fused-ring (bicyclic) bond motifs is 1. The maximum Gasteiger partial charge on any atom is 0.0892 e. The van der Waals surface area contributed by atoms with E-state index in [2.05, 4.69) is 35.8 Å². The van der Waals surface area contributed by atoms with Crippen LogP contribution in [0.2, 0.25) is 0 Å². The van der Waals surface area contributed by atoms with Crippen LogP contribution in [0.4, 0.5) is 11.4 Å². The molecule has 0 unspecified atom stereocenters. The molecule has 1 heterocycles. The number of para-hydroxylation sites is 2. The zero-order valence-corrected chi connectivity index (χ0v) is 11.8. The molecule has 0 N–H and O–H groups in total. The molecule has 2 rings (SSSR count). The summed E-state index contributed by atoms with van der Waals surface area (Å²) in [6.07, 6.45) is 0.695. The monoisotopic (exact) mass is 264 g/mol. The van der Waals surface area contributed by atoms with Crippen molar-refractivity contribution >= 4 is 45.8 Å². The van der Waals surface area contributed by atoms with Gasteiger partial charge in [0, 0.05) is 19.5 Å². The molecule has 0 amide bonds. The van der Waals surface area contributed by atoms with Gasteiger partial charge in [-0.1, -0.05) is 36.6 Å². The van der Waals surface area contributed by atoms with Crippen LogP contribution in [-0.2, 0) is 0 Å². The van der Waals surface area contributed by atoms with Crippen LogP contribution in [0.5, 0.6) is 0 Å². The number of hydrogen-bond donors (Lipinski definition) is 0. The van der Waals surface area contributed by atoms with E-state index in [1.54, 1.807) is 0 Å². The molecule has 4 heteroatoms. The largest absolute Gasteiger partial charge is 0.334 e. The van der Waals surface area contributed by atoms with Crippen molar-refractivity contribution < 1.29 is 0 Å². The van der Waals surface area contributed by atoms with Crippen molar-refractivity contribution in [3.05, 3.63) is 24.3 Å². The standard InChI is InChI=1S/C13H16N2S2/c1-3-14-10-7-5-6-8-11(10)15(4-2)13(17)9-12(14)16/h5-8H,3-4,9H2,1-2H3. The molecular formula is C13H16N2S2. The smallest absolute Gasteiger partial charge is 0.0892 e. The summed E-state index contributed by atoms with van der Waals surface area (Å²) in [6.45, 7) is 6.01. The highest BCUT2D eigenvalue weighted by Crippen LogP contribution is 2.33. The minimum atomic E-state index is 0.695. The van der Waals surface area contributed by atoms with E-state index in [0.717, 1.165) is 23.1 Å². The Kier molecular flexibility index (Phi) is 3.74. The van der Waals surface area contributed by atoms with Gasteiger partial charge in [-0.15, -0.1) is 0 Å². The van der Waals surface area contributed by atoms with Gasteiger partial charge in [0.25, 0.3) is 0 Å². The summed E-state index contributed by atoms with van der Waals surface area (Å²) in [5.74, 6) is 0. The second-order valence-corrected chi connectivity index (χ2v) is 4.88. The summed E-state index contributed by atoms with van der Waals surface area (Å²) < 4.78 is 0. The highest BCUT2D eigenvalue weighted by Gasteiger charge is 2.24. The first kappa shape index (κ1) is 12.5. The lowest BCUT2D eigenvalue weighted by Crippen LogP contribution is -2.30. The van der Waals surface area contributed by atoms with E-state index in [4.69, 9.17) is 24.4 Å². The average Bonchev–Trinajstić information content (AvgIpc) is 2.42. The second kappa shape index (κ2) is 5.10. The topological polar surface area (TPSA) is 6.48 Å². The molecule has 2 nitrogen and oxygen atoms in total. The third kappa shape index (κ3) is 2.19. The Hall–Kier alpha value is -1.00. The number of thiocarbonyl (C=S) groups is 2. The molecule has 1 aromatic rings. The quantitative estimate of drug-likeness (QED) is 0.755. The molecule has 90 valence electrons. The first-order valence-electron chi connectivity index (χ1n) is 5.88. The summed E-state index contributed by atoms with van der Waals surface area (Å²) in [4.78, 5) is 6.18. The van der Waals surface area contributed by atoms with Gasteiger partial charge in [0.2, 0.25) is 0 Å². The van der Waals surface area contributed by atoms with Crippen molar-refractivity contribution in [1.29, 1.82) is 0 Å². The lowest BCUT2D eigenvalue weighted by Gasteiger charge is -2.25. The van der Waals surface area contributed by atoms with Gasteiger partial charge in [-0.25, -0.2) is 0 Å². The molecule has 0 saturated carbocycles.